The normalized spacial score (nSPS) is 19.4. The number of nitrogens with one attached hydrogen (secondary N) is 1. The molecule has 1 N–H and O–H groups in total. The second-order valence-electron chi connectivity index (χ2n) is 6.69. The van der Waals surface area contributed by atoms with Crippen LogP contribution in [0.1, 0.15) is 38.8 Å². The van der Waals surface area contributed by atoms with Crippen molar-refractivity contribution < 1.29 is 0 Å². The summed E-state index contributed by atoms with van der Waals surface area (Å²) < 4.78 is 0. The minimum atomic E-state index is 0.0883. The second-order valence-corrected chi connectivity index (χ2v) is 8.24. The maximum atomic E-state index is 9.47. The highest BCUT2D eigenvalue weighted by Gasteiger charge is 2.19. The molecule has 0 radical (unpaired) electrons. The molecule has 1 aliphatic rings. The van der Waals surface area contributed by atoms with Crippen LogP contribution < -0.4 is 10.2 Å². The molecule has 1 aromatic carbocycles. The first-order valence-corrected chi connectivity index (χ1v) is 8.58. The summed E-state index contributed by atoms with van der Waals surface area (Å²) >= 11 is 2.01. The van der Waals surface area contributed by atoms with Crippen molar-refractivity contribution in [2.24, 2.45) is 0 Å². The average molecular weight is 303 g/mol. The molecule has 1 aromatic rings. The number of hydrogen-bond donors (Lipinski definition) is 1. The van der Waals surface area contributed by atoms with E-state index >= 15 is 0 Å². The van der Waals surface area contributed by atoms with Gasteiger partial charge in [-0.1, -0.05) is 13.0 Å². The fourth-order valence-electron chi connectivity index (χ4n) is 2.46. The van der Waals surface area contributed by atoms with Crippen molar-refractivity contribution in [3.8, 4) is 6.07 Å². The Hall–Kier alpha value is -1.18. The summed E-state index contributed by atoms with van der Waals surface area (Å²) in [5.74, 6) is 1.14. The first kappa shape index (κ1) is 16.2. The van der Waals surface area contributed by atoms with E-state index in [0.29, 0.717) is 5.25 Å². The Morgan fingerprint density at radius 3 is 2.81 bits per heavy atom. The Kier molecular flexibility index (Phi) is 5.18. The molecule has 0 spiro atoms. The van der Waals surface area contributed by atoms with Crippen molar-refractivity contribution in [2.75, 3.05) is 23.7 Å². The molecule has 1 unspecified atom stereocenters. The highest BCUT2D eigenvalue weighted by Crippen LogP contribution is 2.27. The monoisotopic (exact) mass is 303 g/mol. The molecule has 21 heavy (non-hydrogen) atoms. The maximum Gasteiger partial charge on any atom is 0.101 e. The lowest BCUT2D eigenvalue weighted by molar-refractivity contribution is 0.424. The molecule has 1 fully saturated rings. The molecule has 0 bridgehead atoms. The zero-order chi connectivity index (χ0) is 15.5. The van der Waals surface area contributed by atoms with Crippen LogP contribution in [0.3, 0.4) is 0 Å². The van der Waals surface area contributed by atoms with E-state index in [-0.39, 0.29) is 5.54 Å². The van der Waals surface area contributed by atoms with Crippen LogP contribution in [-0.2, 0) is 6.54 Å². The molecule has 114 valence electrons. The van der Waals surface area contributed by atoms with Gasteiger partial charge < -0.3 is 10.2 Å². The number of rotatable bonds is 3. The minimum absolute atomic E-state index is 0.0883. The van der Waals surface area contributed by atoms with E-state index in [1.54, 1.807) is 0 Å². The second kappa shape index (κ2) is 6.72. The van der Waals surface area contributed by atoms with Crippen molar-refractivity contribution in [2.45, 2.75) is 45.0 Å². The van der Waals surface area contributed by atoms with E-state index in [1.165, 1.54) is 5.56 Å². The highest BCUT2D eigenvalue weighted by atomic mass is 32.2. The Bertz CT molecular complexity index is 528. The van der Waals surface area contributed by atoms with Crippen molar-refractivity contribution in [3.63, 3.8) is 0 Å². The Balaban J connectivity index is 2.15. The molecule has 1 saturated heterocycles. The van der Waals surface area contributed by atoms with Crippen molar-refractivity contribution >= 4 is 17.4 Å². The van der Waals surface area contributed by atoms with E-state index in [2.05, 4.69) is 56.1 Å². The van der Waals surface area contributed by atoms with Gasteiger partial charge in [-0.2, -0.15) is 17.0 Å². The molecule has 1 aliphatic heterocycles. The molecule has 0 aliphatic carbocycles. The van der Waals surface area contributed by atoms with Crippen LogP contribution in [0.5, 0.6) is 0 Å². The summed E-state index contributed by atoms with van der Waals surface area (Å²) in [5.41, 5.74) is 3.14. The third-order valence-corrected chi connectivity index (χ3v) is 4.72. The molecule has 1 atom stereocenters. The summed E-state index contributed by atoms with van der Waals surface area (Å²) in [7, 11) is 0. The van der Waals surface area contributed by atoms with Gasteiger partial charge in [0, 0.05) is 36.2 Å². The van der Waals surface area contributed by atoms with E-state index in [9.17, 15) is 5.26 Å². The highest BCUT2D eigenvalue weighted by molar-refractivity contribution is 8.00. The molecule has 0 saturated carbocycles. The topological polar surface area (TPSA) is 39.1 Å². The Labute approximate surface area is 132 Å². The van der Waals surface area contributed by atoms with Crippen LogP contribution in [0.4, 0.5) is 5.69 Å². The molecule has 4 heteroatoms. The van der Waals surface area contributed by atoms with E-state index in [1.807, 2.05) is 17.8 Å². The number of benzene rings is 1. The number of anilines is 1. The molecule has 3 nitrogen and oxygen atoms in total. The minimum Gasteiger partial charge on any atom is -0.369 e. The van der Waals surface area contributed by atoms with Gasteiger partial charge in [0.15, 0.2) is 0 Å². The molecule has 2 rings (SSSR count). The Morgan fingerprint density at radius 2 is 2.19 bits per heavy atom. The van der Waals surface area contributed by atoms with Gasteiger partial charge in [0.2, 0.25) is 0 Å². The van der Waals surface area contributed by atoms with Gasteiger partial charge in [0.1, 0.15) is 6.07 Å². The fourth-order valence-corrected chi connectivity index (χ4v) is 3.48. The van der Waals surface area contributed by atoms with Crippen LogP contribution in [0.25, 0.3) is 0 Å². The van der Waals surface area contributed by atoms with Crippen molar-refractivity contribution in [3.05, 3.63) is 29.3 Å². The van der Waals surface area contributed by atoms with Crippen LogP contribution in [0.15, 0.2) is 18.2 Å². The molecular weight excluding hydrogens is 278 g/mol. The van der Waals surface area contributed by atoms with E-state index in [0.717, 1.165) is 36.6 Å². The predicted molar refractivity (Wildman–Crippen MR) is 91.9 cm³/mol. The van der Waals surface area contributed by atoms with Gasteiger partial charge in [-0.3, -0.25) is 0 Å². The first-order chi connectivity index (χ1) is 9.89. The summed E-state index contributed by atoms with van der Waals surface area (Å²) in [6, 6.07) is 8.65. The zero-order valence-corrected chi connectivity index (χ0v) is 14.3. The van der Waals surface area contributed by atoms with Crippen LogP contribution in [0, 0.1) is 11.3 Å². The van der Waals surface area contributed by atoms with Gasteiger partial charge >= 0.3 is 0 Å². The number of nitrogens with zero attached hydrogens (tertiary/aromatic N) is 2. The van der Waals surface area contributed by atoms with Crippen molar-refractivity contribution in [1.82, 2.24) is 5.32 Å². The lowest BCUT2D eigenvalue weighted by atomic mass is 10.1. The third kappa shape index (κ3) is 4.66. The predicted octanol–water partition coefficient (Wildman–Crippen LogP) is 3.39. The smallest absolute Gasteiger partial charge is 0.101 e. The van der Waals surface area contributed by atoms with Gasteiger partial charge in [0.05, 0.1) is 11.3 Å². The lowest BCUT2D eigenvalue weighted by Crippen LogP contribution is -2.37. The van der Waals surface area contributed by atoms with E-state index in [4.69, 9.17) is 0 Å². The summed E-state index contributed by atoms with van der Waals surface area (Å²) in [6.07, 6.45) is 0. The Morgan fingerprint density at radius 1 is 1.43 bits per heavy atom. The number of hydrogen-bond acceptors (Lipinski definition) is 4. The SMILES string of the molecule is CC1CN(c2ccc(CNC(C)(C)C)cc2C#N)CCS1. The van der Waals surface area contributed by atoms with Gasteiger partial charge in [-0.05, 0) is 38.5 Å². The average Bonchev–Trinajstić information content (AvgIpc) is 2.44. The van der Waals surface area contributed by atoms with Crippen LogP contribution in [-0.4, -0.2) is 29.6 Å². The van der Waals surface area contributed by atoms with Gasteiger partial charge in [-0.15, -0.1) is 0 Å². The molecule has 0 aromatic heterocycles. The van der Waals surface area contributed by atoms with Gasteiger partial charge in [0.25, 0.3) is 0 Å². The summed E-state index contributed by atoms with van der Waals surface area (Å²) in [6.45, 7) is 11.6. The van der Waals surface area contributed by atoms with Crippen LogP contribution >= 0.6 is 11.8 Å². The summed E-state index contributed by atoms with van der Waals surface area (Å²) in [4.78, 5) is 2.35. The van der Waals surface area contributed by atoms with Gasteiger partial charge in [-0.25, -0.2) is 0 Å². The molecule has 1 heterocycles. The molecule has 0 amide bonds. The zero-order valence-electron chi connectivity index (χ0n) is 13.4. The number of thioether (sulfide) groups is 1. The standard InChI is InChI=1S/C17H25N3S/c1-13-12-20(7-8-21-13)16-6-5-14(9-15(16)10-18)11-19-17(2,3)4/h5-6,9,13,19H,7-8,11-12H2,1-4H3. The fraction of sp³-hybridized carbons (Fsp3) is 0.588. The quantitative estimate of drug-likeness (QED) is 0.929. The van der Waals surface area contributed by atoms with Crippen molar-refractivity contribution in [1.29, 1.82) is 5.26 Å². The summed E-state index contributed by atoms with van der Waals surface area (Å²) in [5, 5.41) is 13.6. The molecular formula is C17H25N3S. The first-order valence-electron chi connectivity index (χ1n) is 7.53. The lowest BCUT2D eigenvalue weighted by Gasteiger charge is -2.33. The number of nitriles is 1. The third-order valence-electron chi connectivity index (χ3n) is 3.59. The maximum absolute atomic E-state index is 9.47. The van der Waals surface area contributed by atoms with Crippen LogP contribution in [0.2, 0.25) is 0 Å². The largest absolute Gasteiger partial charge is 0.369 e. The van der Waals surface area contributed by atoms with E-state index < -0.39 is 0 Å².